The van der Waals surface area contributed by atoms with Gasteiger partial charge in [0.25, 0.3) is 0 Å². The Balaban J connectivity index is 0.954. The summed E-state index contributed by atoms with van der Waals surface area (Å²) in [6, 6.07) is 15.3. The molecule has 5 N–H and O–H groups in total. The van der Waals surface area contributed by atoms with Crippen molar-refractivity contribution in [3.05, 3.63) is 59.7 Å². The number of carboxylic acid groups (broad SMARTS) is 1. The van der Waals surface area contributed by atoms with Crippen molar-refractivity contribution in [2.24, 2.45) is 0 Å². The van der Waals surface area contributed by atoms with Crippen LogP contribution in [0.5, 0.6) is 0 Å². The third-order valence-electron chi connectivity index (χ3n) is 8.26. The number of benzene rings is 2. The molecule has 2 saturated heterocycles. The van der Waals surface area contributed by atoms with Crippen molar-refractivity contribution in [3.63, 3.8) is 0 Å². The van der Waals surface area contributed by atoms with E-state index in [1.807, 2.05) is 48.2 Å². The van der Waals surface area contributed by atoms with Crippen LogP contribution in [0.25, 0.3) is 11.1 Å². The Bertz CT molecular complexity index is 1260. The van der Waals surface area contributed by atoms with Crippen LogP contribution in [0.15, 0.2) is 48.5 Å². The van der Waals surface area contributed by atoms with E-state index in [1.54, 1.807) is 0 Å². The van der Waals surface area contributed by atoms with Gasteiger partial charge in [-0.2, -0.15) is 11.8 Å². The lowest BCUT2D eigenvalue weighted by molar-refractivity contribution is -0.139. The quantitative estimate of drug-likeness (QED) is 0.164. The van der Waals surface area contributed by atoms with Gasteiger partial charge in [0.05, 0.1) is 12.1 Å². The first-order chi connectivity index (χ1) is 20.4. The topological polar surface area (TPSA) is 146 Å². The molecule has 0 aromatic heterocycles. The molecule has 1 aliphatic carbocycles. The van der Waals surface area contributed by atoms with E-state index in [2.05, 4.69) is 33.4 Å². The zero-order valence-corrected chi connectivity index (χ0v) is 24.3. The SMILES string of the molecule is O=C(CCCC[C@@H]1SC[C@@H]2NC(=O)N[C@@H]21)NCCCC[C@@H](NC(=O)OCC1c2ccccc2-c2ccccc21)C(=O)O. The van der Waals surface area contributed by atoms with Gasteiger partial charge in [-0.15, -0.1) is 0 Å². The molecule has 0 unspecified atom stereocenters. The van der Waals surface area contributed by atoms with Crippen LogP contribution < -0.4 is 21.3 Å². The monoisotopic (exact) mass is 594 g/mol. The second-order valence-electron chi connectivity index (χ2n) is 11.1. The number of amides is 4. The van der Waals surface area contributed by atoms with Gasteiger partial charge in [0.2, 0.25) is 5.91 Å². The first-order valence-electron chi connectivity index (χ1n) is 14.7. The molecule has 4 amide bonds. The van der Waals surface area contributed by atoms with Crippen molar-refractivity contribution in [1.82, 2.24) is 21.3 Å². The number of alkyl carbamates (subject to hydrolysis) is 1. The highest BCUT2D eigenvalue weighted by molar-refractivity contribution is 8.00. The third-order valence-corrected chi connectivity index (χ3v) is 9.76. The fourth-order valence-corrected chi connectivity index (χ4v) is 7.65. The predicted molar refractivity (Wildman–Crippen MR) is 160 cm³/mol. The third kappa shape index (κ3) is 7.18. The molecule has 2 aromatic rings. The Morgan fingerprint density at radius 3 is 2.40 bits per heavy atom. The molecule has 224 valence electrons. The Hall–Kier alpha value is -3.73. The van der Waals surface area contributed by atoms with Crippen LogP contribution in [-0.4, -0.2) is 71.4 Å². The Labute approximate surface area is 249 Å². The molecule has 3 aliphatic rings. The van der Waals surface area contributed by atoms with Crippen LogP contribution >= 0.6 is 11.8 Å². The Kier molecular flexibility index (Phi) is 9.89. The number of nitrogens with one attached hydrogen (secondary N) is 4. The molecule has 0 bridgehead atoms. The molecule has 0 radical (unpaired) electrons. The van der Waals surface area contributed by atoms with Crippen LogP contribution in [0.2, 0.25) is 0 Å². The van der Waals surface area contributed by atoms with Gasteiger partial charge in [0, 0.05) is 29.9 Å². The molecule has 11 heteroatoms. The van der Waals surface area contributed by atoms with E-state index < -0.39 is 18.1 Å². The number of hydrogen-bond acceptors (Lipinski definition) is 6. The van der Waals surface area contributed by atoms with Crippen molar-refractivity contribution >= 4 is 35.8 Å². The maximum absolute atomic E-state index is 12.5. The number of rotatable bonds is 14. The van der Waals surface area contributed by atoms with Gasteiger partial charge in [-0.1, -0.05) is 55.0 Å². The summed E-state index contributed by atoms with van der Waals surface area (Å²) in [5, 5.41) is 21.3. The van der Waals surface area contributed by atoms with Crippen molar-refractivity contribution in [1.29, 1.82) is 0 Å². The van der Waals surface area contributed by atoms with E-state index in [1.165, 1.54) is 0 Å². The zero-order valence-electron chi connectivity index (χ0n) is 23.5. The van der Waals surface area contributed by atoms with E-state index in [0.29, 0.717) is 31.1 Å². The van der Waals surface area contributed by atoms with E-state index in [4.69, 9.17) is 4.74 Å². The average molecular weight is 595 g/mol. The normalized spacial score (nSPS) is 21.0. The second kappa shape index (κ2) is 14.0. The number of carbonyl (C=O) groups excluding carboxylic acids is 3. The molecule has 4 atom stereocenters. The number of fused-ring (bicyclic) bond motifs is 4. The van der Waals surface area contributed by atoms with Gasteiger partial charge in [0.1, 0.15) is 12.6 Å². The van der Waals surface area contributed by atoms with Crippen LogP contribution in [0.3, 0.4) is 0 Å². The van der Waals surface area contributed by atoms with Gasteiger partial charge in [-0.05, 0) is 54.4 Å². The second-order valence-corrected chi connectivity index (χ2v) is 12.3. The van der Waals surface area contributed by atoms with E-state index in [0.717, 1.165) is 47.3 Å². The summed E-state index contributed by atoms with van der Waals surface area (Å²) < 4.78 is 5.49. The average Bonchev–Trinajstić information content (AvgIpc) is 3.64. The molecular formula is C31H38N4O6S. The predicted octanol–water partition coefficient (Wildman–Crippen LogP) is 3.99. The molecule has 5 rings (SSSR count). The minimum atomic E-state index is -1.12. The number of hydrogen-bond donors (Lipinski definition) is 5. The maximum Gasteiger partial charge on any atom is 0.407 e. The highest BCUT2D eigenvalue weighted by atomic mass is 32.2. The number of aliphatic carboxylic acids is 1. The Morgan fingerprint density at radius 2 is 1.69 bits per heavy atom. The highest BCUT2D eigenvalue weighted by Gasteiger charge is 2.42. The van der Waals surface area contributed by atoms with Crippen LogP contribution in [0.1, 0.15) is 62.0 Å². The number of ether oxygens (including phenoxy) is 1. The fourth-order valence-electron chi connectivity index (χ4n) is 6.10. The van der Waals surface area contributed by atoms with Crippen molar-refractivity contribution < 1.29 is 29.0 Å². The number of thioether (sulfide) groups is 1. The fraction of sp³-hybridized carbons (Fsp3) is 0.484. The number of urea groups is 1. The number of carboxylic acids is 1. The molecule has 42 heavy (non-hydrogen) atoms. The lowest BCUT2D eigenvalue weighted by Gasteiger charge is -2.17. The summed E-state index contributed by atoms with van der Waals surface area (Å²) >= 11 is 1.87. The summed E-state index contributed by atoms with van der Waals surface area (Å²) in [4.78, 5) is 48.0. The highest BCUT2D eigenvalue weighted by Crippen LogP contribution is 2.44. The minimum Gasteiger partial charge on any atom is -0.480 e. The molecule has 2 aliphatic heterocycles. The number of carbonyl (C=O) groups is 4. The summed E-state index contributed by atoms with van der Waals surface area (Å²) in [6.45, 7) is 0.572. The van der Waals surface area contributed by atoms with Crippen LogP contribution in [0, 0.1) is 0 Å². The minimum absolute atomic E-state index is 0.0191. The van der Waals surface area contributed by atoms with Gasteiger partial charge >= 0.3 is 18.1 Å². The van der Waals surface area contributed by atoms with Crippen molar-refractivity contribution in [2.75, 3.05) is 18.9 Å². The summed E-state index contributed by atoms with van der Waals surface area (Å²) in [7, 11) is 0. The van der Waals surface area contributed by atoms with Gasteiger partial charge < -0.3 is 31.1 Å². The lowest BCUT2D eigenvalue weighted by atomic mass is 9.98. The first-order valence-corrected chi connectivity index (χ1v) is 15.7. The molecule has 0 saturated carbocycles. The van der Waals surface area contributed by atoms with E-state index in [9.17, 15) is 24.3 Å². The maximum atomic E-state index is 12.5. The van der Waals surface area contributed by atoms with Crippen LogP contribution in [-0.2, 0) is 14.3 Å². The summed E-state index contributed by atoms with van der Waals surface area (Å²) in [6.07, 6.45) is 3.74. The summed E-state index contributed by atoms with van der Waals surface area (Å²) in [5.41, 5.74) is 4.42. The van der Waals surface area contributed by atoms with E-state index in [-0.39, 0.29) is 43.0 Å². The molecule has 10 nitrogen and oxygen atoms in total. The smallest absolute Gasteiger partial charge is 0.407 e. The molecule has 2 fully saturated rings. The van der Waals surface area contributed by atoms with Crippen molar-refractivity contribution in [3.8, 4) is 11.1 Å². The largest absolute Gasteiger partial charge is 0.480 e. The lowest BCUT2D eigenvalue weighted by Crippen LogP contribution is -2.41. The Morgan fingerprint density at radius 1 is 0.976 bits per heavy atom. The first kappa shape index (κ1) is 29.8. The molecule has 0 spiro atoms. The molecule has 2 heterocycles. The summed E-state index contributed by atoms with van der Waals surface area (Å²) in [5.74, 6) is -0.309. The van der Waals surface area contributed by atoms with Crippen LogP contribution in [0.4, 0.5) is 9.59 Å². The molecule has 2 aromatic carbocycles. The zero-order chi connectivity index (χ0) is 29.5. The molecular weight excluding hydrogens is 556 g/mol. The van der Waals surface area contributed by atoms with Gasteiger partial charge in [-0.3, -0.25) is 4.79 Å². The van der Waals surface area contributed by atoms with E-state index >= 15 is 0 Å². The number of unbranched alkanes of at least 4 members (excludes halogenated alkanes) is 2. The van der Waals surface area contributed by atoms with Gasteiger partial charge in [0.15, 0.2) is 0 Å². The standard InChI is InChI=1S/C31H38N4O6S/c36-27(15-6-5-14-26-28-25(18-42-26)33-30(39)35-28)32-16-8-7-13-24(29(37)38)34-31(40)41-17-23-21-11-3-1-9-19(21)20-10-2-4-12-22(20)23/h1-4,9-12,23-26,28H,5-8,13-18H2,(H,32,36)(H,34,40)(H,37,38)(H2,33,35,39)/t24-,25+,26+,28+/m1/s1. The van der Waals surface area contributed by atoms with Gasteiger partial charge in [-0.25, -0.2) is 14.4 Å². The van der Waals surface area contributed by atoms with Crippen molar-refractivity contribution in [2.45, 2.75) is 74.2 Å².